The number of carbonyl (C=O) groups excluding carboxylic acids is 3. The Morgan fingerprint density at radius 3 is 2.62 bits per heavy atom. The van der Waals surface area contributed by atoms with Crippen LogP contribution in [-0.4, -0.2) is 69.9 Å². The van der Waals surface area contributed by atoms with E-state index in [0.717, 1.165) is 0 Å². The van der Waals surface area contributed by atoms with E-state index < -0.39 is 82.4 Å². The molecule has 2 saturated carbocycles. The zero-order valence-electron chi connectivity index (χ0n) is 20.0. The normalized spacial score (nSPS) is 51.8. The molecule has 4 fully saturated rings. The zero-order chi connectivity index (χ0) is 25.0. The van der Waals surface area contributed by atoms with Gasteiger partial charge in [0.2, 0.25) is 6.10 Å². The van der Waals surface area contributed by atoms with E-state index in [1.54, 1.807) is 40.7 Å². The molecule has 1 spiro atoms. The summed E-state index contributed by atoms with van der Waals surface area (Å²) in [4.78, 5) is 38.6. The van der Waals surface area contributed by atoms with Crippen molar-refractivity contribution in [1.82, 2.24) is 0 Å². The van der Waals surface area contributed by atoms with Crippen molar-refractivity contribution in [2.45, 2.75) is 71.2 Å². The molecule has 0 aromatic heterocycles. The molecule has 34 heavy (non-hydrogen) atoms. The van der Waals surface area contributed by atoms with E-state index in [4.69, 9.17) is 14.2 Å². The third-order valence-electron chi connectivity index (χ3n) is 9.62. The number of esters is 2. The second-order valence-electron chi connectivity index (χ2n) is 11.0. The summed E-state index contributed by atoms with van der Waals surface area (Å²) < 4.78 is 17.5. The van der Waals surface area contributed by atoms with Gasteiger partial charge in [-0.2, -0.15) is 0 Å². The lowest BCUT2D eigenvalue weighted by Crippen LogP contribution is -2.78. The highest BCUT2D eigenvalue weighted by Crippen LogP contribution is 2.73. The maximum Gasteiger partial charge on any atom is 0.348 e. The van der Waals surface area contributed by atoms with E-state index >= 15 is 0 Å². The Morgan fingerprint density at radius 1 is 1.29 bits per heavy atom. The Hall–Kier alpha value is -2.07. The van der Waals surface area contributed by atoms with Gasteiger partial charge in [-0.05, 0) is 45.1 Å². The van der Waals surface area contributed by atoms with Gasteiger partial charge < -0.3 is 29.5 Å². The van der Waals surface area contributed by atoms with Crippen molar-refractivity contribution in [2.75, 3.05) is 6.61 Å². The molecule has 3 N–H and O–H groups in total. The molecule has 2 aliphatic heterocycles. The third-order valence-corrected chi connectivity index (χ3v) is 9.62. The van der Waals surface area contributed by atoms with Gasteiger partial charge in [0.15, 0.2) is 11.6 Å². The first kappa shape index (κ1) is 23.7. The number of rotatable bonds is 2. The Balaban J connectivity index is 1.71. The predicted molar refractivity (Wildman–Crippen MR) is 116 cm³/mol. The molecule has 3 aliphatic carbocycles. The van der Waals surface area contributed by atoms with Crippen molar-refractivity contribution in [3.8, 4) is 0 Å². The SMILES string of the molecule is CC=C(C)C(=O)OC1C(=O)OC2CC3C(C)=CC(=O)C(O)C3(C)C3C4(O)OCC23C1C(C)C4O. The lowest BCUT2D eigenvalue weighted by atomic mass is 9.38. The van der Waals surface area contributed by atoms with Crippen molar-refractivity contribution in [1.29, 1.82) is 0 Å². The van der Waals surface area contributed by atoms with Crippen LogP contribution in [0.3, 0.4) is 0 Å². The molecule has 0 aromatic rings. The van der Waals surface area contributed by atoms with Crippen LogP contribution >= 0.6 is 0 Å². The summed E-state index contributed by atoms with van der Waals surface area (Å²) in [5, 5.41) is 34.3. The van der Waals surface area contributed by atoms with E-state index in [-0.39, 0.29) is 6.61 Å². The van der Waals surface area contributed by atoms with Gasteiger partial charge in [-0.3, -0.25) is 4.79 Å². The molecule has 11 atom stereocenters. The van der Waals surface area contributed by atoms with Gasteiger partial charge in [-0.1, -0.05) is 25.5 Å². The number of hydrogen-bond donors (Lipinski definition) is 3. The van der Waals surface area contributed by atoms with E-state index in [2.05, 4.69) is 0 Å². The minimum Gasteiger partial charge on any atom is -0.459 e. The Bertz CT molecular complexity index is 1030. The number of aliphatic hydroxyl groups is 3. The maximum atomic E-state index is 13.2. The maximum absolute atomic E-state index is 13.2. The fourth-order valence-corrected chi connectivity index (χ4v) is 8.06. The molecular weight excluding hydrogens is 444 g/mol. The van der Waals surface area contributed by atoms with Crippen molar-refractivity contribution in [2.24, 2.45) is 34.5 Å². The fraction of sp³-hybridized carbons (Fsp3) is 0.720. The van der Waals surface area contributed by atoms with Gasteiger partial charge in [0.25, 0.3) is 0 Å². The van der Waals surface area contributed by atoms with Crippen LogP contribution in [0.2, 0.25) is 0 Å². The van der Waals surface area contributed by atoms with Crippen LogP contribution in [0, 0.1) is 34.5 Å². The summed E-state index contributed by atoms with van der Waals surface area (Å²) in [6, 6.07) is 0. The summed E-state index contributed by atoms with van der Waals surface area (Å²) in [5.74, 6) is -6.72. The molecule has 2 saturated heterocycles. The molecule has 186 valence electrons. The summed E-state index contributed by atoms with van der Waals surface area (Å²) in [6.45, 7) is 8.39. The average molecular weight is 477 g/mol. The average Bonchev–Trinajstić information content (AvgIpc) is 3.08. The standard InChI is InChI=1S/C25H32O9/c1-6-10(2)20(29)34-17-16-12(4)18(27)25(31)22-23(5)13(11(3)7-14(26)19(23)28)8-15(33-21(17)30)24(16,22)9-32-25/h6-7,12-13,15-19,22,27-28,31H,8-9H2,1-5H3. The summed E-state index contributed by atoms with van der Waals surface area (Å²) in [6.07, 6.45) is -1.64. The van der Waals surface area contributed by atoms with E-state index in [9.17, 15) is 29.7 Å². The number of fused-ring (bicyclic) bond motifs is 1. The minimum atomic E-state index is -2.07. The number of allylic oxidation sites excluding steroid dienone is 2. The Morgan fingerprint density at radius 2 is 1.97 bits per heavy atom. The van der Waals surface area contributed by atoms with Crippen molar-refractivity contribution in [3.05, 3.63) is 23.3 Å². The minimum absolute atomic E-state index is 0.0686. The van der Waals surface area contributed by atoms with Gasteiger partial charge in [0.1, 0.15) is 18.3 Å². The van der Waals surface area contributed by atoms with Gasteiger partial charge in [-0.25, -0.2) is 9.59 Å². The lowest BCUT2D eigenvalue weighted by Gasteiger charge is -2.68. The van der Waals surface area contributed by atoms with E-state index in [1.165, 1.54) is 6.08 Å². The molecule has 5 aliphatic rings. The van der Waals surface area contributed by atoms with Crippen LogP contribution < -0.4 is 0 Å². The molecule has 9 heteroatoms. The zero-order valence-corrected chi connectivity index (χ0v) is 20.0. The van der Waals surface area contributed by atoms with E-state index in [1.807, 2.05) is 0 Å². The third kappa shape index (κ3) is 2.56. The first-order valence-corrected chi connectivity index (χ1v) is 11.8. The lowest BCUT2D eigenvalue weighted by molar-refractivity contribution is -0.339. The largest absolute Gasteiger partial charge is 0.459 e. The Labute approximate surface area is 197 Å². The highest BCUT2D eigenvalue weighted by atomic mass is 16.7. The van der Waals surface area contributed by atoms with E-state index in [0.29, 0.717) is 17.6 Å². The molecule has 0 amide bonds. The topological polar surface area (TPSA) is 140 Å². The molecule has 5 rings (SSSR count). The molecular formula is C25H32O9. The molecule has 0 radical (unpaired) electrons. The smallest absolute Gasteiger partial charge is 0.348 e. The summed E-state index contributed by atoms with van der Waals surface area (Å²) in [7, 11) is 0. The van der Waals surface area contributed by atoms with Gasteiger partial charge in [0, 0.05) is 28.2 Å². The number of aliphatic hydroxyl groups excluding tert-OH is 2. The summed E-state index contributed by atoms with van der Waals surface area (Å²) in [5.41, 5.74) is -1.24. The second-order valence-corrected chi connectivity index (χ2v) is 11.0. The van der Waals surface area contributed by atoms with Crippen LogP contribution in [0.25, 0.3) is 0 Å². The van der Waals surface area contributed by atoms with Crippen LogP contribution in [0.5, 0.6) is 0 Å². The molecule has 11 unspecified atom stereocenters. The number of ketones is 1. The second kappa shape index (κ2) is 7.22. The first-order chi connectivity index (χ1) is 15.8. The van der Waals surface area contributed by atoms with Gasteiger partial charge in [-0.15, -0.1) is 0 Å². The molecule has 2 heterocycles. The Kier molecular flexibility index (Phi) is 5.03. The van der Waals surface area contributed by atoms with Crippen LogP contribution in [-0.2, 0) is 28.6 Å². The predicted octanol–water partition coefficient (Wildman–Crippen LogP) is 0.654. The molecule has 2 bridgehead atoms. The van der Waals surface area contributed by atoms with Crippen molar-refractivity contribution >= 4 is 17.7 Å². The van der Waals surface area contributed by atoms with Crippen LogP contribution in [0.15, 0.2) is 23.3 Å². The van der Waals surface area contributed by atoms with Gasteiger partial charge in [0.05, 0.1) is 6.61 Å². The van der Waals surface area contributed by atoms with Crippen molar-refractivity contribution < 1.29 is 43.9 Å². The van der Waals surface area contributed by atoms with Gasteiger partial charge >= 0.3 is 11.9 Å². The number of ether oxygens (including phenoxy) is 3. The van der Waals surface area contributed by atoms with Crippen LogP contribution in [0.4, 0.5) is 0 Å². The highest BCUT2D eigenvalue weighted by molar-refractivity contribution is 5.96. The van der Waals surface area contributed by atoms with Crippen molar-refractivity contribution in [3.63, 3.8) is 0 Å². The van der Waals surface area contributed by atoms with Crippen LogP contribution in [0.1, 0.15) is 41.0 Å². The fourth-order valence-electron chi connectivity index (χ4n) is 8.06. The first-order valence-electron chi connectivity index (χ1n) is 11.8. The number of carbonyl (C=O) groups is 3. The quantitative estimate of drug-likeness (QED) is 0.387. The molecule has 9 nitrogen and oxygen atoms in total. The summed E-state index contributed by atoms with van der Waals surface area (Å²) >= 11 is 0. The highest BCUT2D eigenvalue weighted by Gasteiger charge is 2.83. The monoisotopic (exact) mass is 476 g/mol. The number of hydrogen-bond acceptors (Lipinski definition) is 9. The molecule has 0 aromatic carbocycles.